The Kier molecular flexibility index (Phi) is 6.06. The van der Waals surface area contributed by atoms with Gasteiger partial charge in [0.25, 0.3) is 5.91 Å². The van der Waals surface area contributed by atoms with Crippen molar-refractivity contribution in [3.8, 4) is 0 Å². The Labute approximate surface area is 168 Å². The first kappa shape index (κ1) is 20.1. The van der Waals surface area contributed by atoms with Gasteiger partial charge in [0, 0.05) is 22.4 Å². The van der Waals surface area contributed by atoms with Gasteiger partial charge >= 0.3 is 0 Å². The molecule has 1 fully saturated rings. The lowest BCUT2D eigenvalue weighted by Crippen LogP contribution is -2.47. The second-order valence-corrected chi connectivity index (χ2v) is 9.48. The summed E-state index contributed by atoms with van der Waals surface area (Å²) in [7, 11) is 0. The fourth-order valence-electron chi connectivity index (χ4n) is 3.22. The van der Waals surface area contributed by atoms with E-state index < -0.39 is 23.1 Å². The number of thiophene rings is 1. The average Bonchev–Trinajstić information content (AvgIpc) is 3.32. The van der Waals surface area contributed by atoms with E-state index in [1.165, 1.54) is 26.7 Å². The van der Waals surface area contributed by atoms with Crippen LogP contribution in [0.2, 0.25) is 0 Å². The highest BCUT2D eigenvalue weighted by Gasteiger charge is 2.41. The smallest absolute Gasteiger partial charge is 0.291 e. The third-order valence-corrected chi connectivity index (χ3v) is 7.43. The summed E-state index contributed by atoms with van der Waals surface area (Å²) in [4.78, 5) is 39.5. The molecule has 1 aliphatic rings. The van der Waals surface area contributed by atoms with Crippen molar-refractivity contribution in [3.63, 3.8) is 0 Å². The van der Waals surface area contributed by atoms with Crippen LogP contribution in [0.15, 0.2) is 29.6 Å². The van der Waals surface area contributed by atoms with Crippen molar-refractivity contribution in [1.82, 2.24) is 4.90 Å². The fourth-order valence-corrected chi connectivity index (χ4v) is 5.27. The van der Waals surface area contributed by atoms with E-state index in [0.717, 1.165) is 12.0 Å². The lowest BCUT2D eigenvalue weighted by atomic mass is 9.84. The number of amides is 1. The highest BCUT2D eigenvalue weighted by molar-refractivity contribution is 8.13. The van der Waals surface area contributed by atoms with Gasteiger partial charge < -0.3 is 4.90 Å². The van der Waals surface area contributed by atoms with E-state index in [4.69, 9.17) is 0 Å². The molecule has 1 aromatic heterocycles. The molecule has 6 heteroatoms. The second-order valence-electron chi connectivity index (χ2n) is 7.59. The molecule has 1 aromatic carbocycles. The number of hydrogen-bond acceptors (Lipinski definition) is 5. The number of fused-ring (bicyclic) bond motifs is 1. The zero-order valence-electron chi connectivity index (χ0n) is 16.0. The van der Waals surface area contributed by atoms with Gasteiger partial charge in [-0.2, -0.15) is 0 Å². The number of carbonyl (C=O) groups is 3. The fraction of sp³-hybridized carbons (Fsp3) is 0.476. The molecular formula is C21H25NO3S2. The summed E-state index contributed by atoms with van der Waals surface area (Å²) >= 11 is 2.93. The maximum atomic E-state index is 12.8. The minimum absolute atomic E-state index is 0.0155. The molecule has 2 aromatic rings. The predicted molar refractivity (Wildman–Crippen MR) is 112 cm³/mol. The van der Waals surface area contributed by atoms with Crippen molar-refractivity contribution in [3.05, 3.63) is 35.2 Å². The minimum atomic E-state index is -0.685. The normalized spacial score (nSPS) is 17.4. The molecule has 0 saturated carbocycles. The Balaban J connectivity index is 1.67. The third-order valence-electron chi connectivity index (χ3n) is 5.41. The first-order chi connectivity index (χ1) is 12.8. The quantitative estimate of drug-likeness (QED) is 0.659. The van der Waals surface area contributed by atoms with Crippen LogP contribution in [0.25, 0.3) is 10.1 Å². The predicted octanol–water partition coefficient (Wildman–Crippen LogP) is 4.66. The van der Waals surface area contributed by atoms with Crippen molar-refractivity contribution in [2.24, 2.45) is 5.41 Å². The minimum Gasteiger partial charge on any atom is -0.325 e. The molecule has 0 aliphatic carbocycles. The van der Waals surface area contributed by atoms with E-state index in [1.54, 1.807) is 25.2 Å². The summed E-state index contributed by atoms with van der Waals surface area (Å²) in [5, 5.41) is 3.26. The topological polar surface area (TPSA) is 54.5 Å². The highest BCUT2D eigenvalue weighted by atomic mass is 32.2. The zero-order valence-corrected chi connectivity index (χ0v) is 17.6. The summed E-state index contributed by atoms with van der Waals surface area (Å²) in [5.74, 6) is -0.298. The van der Waals surface area contributed by atoms with Crippen LogP contribution in [0.4, 0.5) is 0 Å². The molecule has 1 saturated heterocycles. The Bertz CT molecular complexity index is 871. The van der Waals surface area contributed by atoms with Gasteiger partial charge in [-0.25, -0.2) is 0 Å². The standard InChI is InChI=1S/C21H25NO3S2/c1-4-21(2,3)18(23)19(24)22-11-7-9-16(22)20(25)27-13-14-12-26-17-10-6-5-8-15(14)17/h5-6,8,10,12,16H,4,7,9,11,13H2,1-3H3/t16-/m0/s1. The summed E-state index contributed by atoms with van der Waals surface area (Å²) in [6.45, 7) is 5.97. The second kappa shape index (κ2) is 8.15. The molecular weight excluding hydrogens is 378 g/mol. The summed E-state index contributed by atoms with van der Waals surface area (Å²) < 4.78 is 1.21. The maximum absolute atomic E-state index is 12.8. The number of carbonyl (C=O) groups excluding carboxylic acids is 3. The molecule has 1 amide bonds. The Morgan fingerprint density at radius 2 is 2.00 bits per heavy atom. The van der Waals surface area contributed by atoms with Crippen LogP contribution in [-0.4, -0.2) is 34.3 Å². The van der Waals surface area contributed by atoms with Gasteiger partial charge in [0.05, 0.1) is 0 Å². The molecule has 1 atom stereocenters. The molecule has 2 heterocycles. The maximum Gasteiger partial charge on any atom is 0.291 e. The van der Waals surface area contributed by atoms with Crippen LogP contribution in [0.1, 0.15) is 45.6 Å². The van der Waals surface area contributed by atoms with Gasteiger partial charge in [0.2, 0.25) is 10.9 Å². The zero-order chi connectivity index (χ0) is 19.6. The van der Waals surface area contributed by atoms with Gasteiger partial charge in [0.1, 0.15) is 6.04 Å². The Morgan fingerprint density at radius 3 is 2.74 bits per heavy atom. The van der Waals surface area contributed by atoms with E-state index in [-0.39, 0.29) is 5.12 Å². The van der Waals surface area contributed by atoms with Crippen LogP contribution in [0.3, 0.4) is 0 Å². The molecule has 4 nitrogen and oxygen atoms in total. The van der Waals surface area contributed by atoms with Crippen LogP contribution in [0.5, 0.6) is 0 Å². The van der Waals surface area contributed by atoms with E-state index >= 15 is 0 Å². The van der Waals surface area contributed by atoms with Crippen LogP contribution in [-0.2, 0) is 20.1 Å². The molecule has 144 valence electrons. The number of benzene rings is 1. The van der Waals surface area contributed by atoms with Crippen LogP contribution >= 0.6 is 23.1 Å². The monoisotopic (exact) mass is 403 g/mol. The number of hydrogen-bond donors (Lipinski definition) is 0. The van der Waals surface area contributed by atoms with E-state index in [0.29, 0.717) is 25.1 Å². The van der Waals surface area contributed by atoms with Gasteiger partial charge in [-0.1, -0.05) is 50.7 Å². The largest absolute Gasteiger partial charge is 0.325 e. The Morgan fingerprint density at radius 1 is 1.26 bits per heavy atom. The number of likely N-dealkylation sites (tertiary alicyclic amines) is 1. The summed E-state index contributed by atoms with van der Waals surface area (Å²) in [6, 6.07) is 7.68. The molecule has 27 heavy (non-hydrogen) atoms. The molecule has 3 rings (SSSR count). The summed E-state index contributed by atoms with van der Waals surface area (Å²) in [5.41, 5.74) is 0.462. The SMILES string of the molecule is CCC(C)(C)C(=O)C(=O)N1CCC[C@H]1C(=O)SCc1csc2ccccc12. The van der Waals surface area contributed by atoms with Crippen LogP contribution in [0, 0.1) is 5.41 Å². The van der Waals surface area contributed by atoms with Crippen molar-refractivity contribution < 1.29 is 14.4 Å². The number of thioether (sulfide) groups is 1. The van der Waals surface area contributed by atoms with Gasteiger partial charge in [0.15, 0.2) is 0 Å². The summed E-state index contributed by atoms with van der Waals surface area (Å²) in [6.07, 6.45) is 2.01. The average molecular weight is 404 g/mol. The van der Waals surface area contributed by atoms with Gasteiger partial charge in [-0.05, 0) is 41.7 Å². The van der Waals surface area contributed by atoms with Gasteiger partial charge in [-0.3, -0.25) is 14.4 Å². The Hall–Kier alpha value is -1.66. The molecule has 0 unspecified atom stereocenters. The highest BCUT2D eigenvalue weighted by Crippen LogP contribution is 2.32. The van der Waals surface area contributed by atoms with E-state index in [1.807, 2.05) is 19.1 Å². The van der Waals surface area contributed by atoms with Crippen molar-refractivity contribution in [1.29, 1.82) is 0 Å². The number of rotatable bonds is 6. The van der Waals surface area contributed by atoms with E-state index in [9.17, 15) is 14.4 Å². The van der Waals surface area contributed by atoms with Gasteiger partial charge in [-0.15, -0.1) is 11.3 Å². The third kappa shape index (κ3) is 4.11. The van der Waals surface area contributed by atoms with Crippen molar-refractivity contribution in [2.75, 3.05) is 6.54 Å². The van der Waals surface area contributed by atoms with Crippen molar-refractivity contribution in [2.45, 2.75) is 51.8 Å². The van der Waals surface area contributed by atoms with Crippen molar-refractivity contribution >= 4 is 50.0 Å². The number of Topliss-reactive ketones (excluding diaryl/α,β-unsaturated/α-hetero) is 1. The number of ketones is 1. The molecule has 0 radical (unpaired) electrons. The van der Waals surface area contributed by atoms with E-state index in [2.05, 4.69) is 17.5 Å². The van der Waals surface area contributed by atoms with Crippen LogP contribution < -0.4 is 0 Å². The molecule has 0 bridgehead atoms. The molecule has 0 spiro atoms. The molecule has 0 N–H and O–H groups in total. The number of nitrogens with zero attached hydrogens (tertiary/aromatic N) is 1. The lowest BCUT2D eigenvalue weighted by Gasteiger charge is -2.27. The lowest BCUT2D eigenvalue weighted by molar-refractivity contribution is -0.150. The first-order valence-corrected chi connectivity index (χ1v) is 11.2. The first-order valence-electron chi connectivity index (χ1n) is 9.32. The molecule has 1 aliphatic heterocycles.